The highest BCUT2D eigenvalue weighted by Crippen LogP contribution is 2.35. The molecule has 40 heavy (non-hydrogen) atoms. The summed E-state index contributed by atoms with van der Waals surface area (Å²) in [5, 5.41) is 3.75. The van der Waals surface area contributed by atoms with Crippen molar-refractivity contribution in [3.8, 4) is 11.5 Å². The van der Waals surface area contributed by atoms with Gasteiger partial charge in [0.25, 0.3) is 0 Å². The molecule has 0 aromatic heterocycles. The summed E-state index contributed by atoms with van der Waals surface area (Å²) in [5.74, 6) is -0.226. The number of fused-ring (bicyclic) bond motifs is 1. The Morgan fingerprint density at radius 1 is 1.02 bits per heavy atom. The second kappa shape index (κ2) is 13.3. The molecular formula is C28H35Cl2N3O6S. The number of hydrogen-bond acceptors (Lipinski definition) is 6. The third kappa shape index (κ3) is 7.14. The van der Waals surface area contributed by atoms with E-state index in [0.717, 1.165) is 36.4 Å². The third-order valence-corrected chi connectivity index (χ3v) is 9.75. The molecule has 2 aromatic carbocycles. The van der Waals surface area contributed by atoms with E-state index >= 15 is 0 Å². The second-order valence-electron chi connectivity index (χ2n) is 9.98. The van der Waals surface area contributed by atoms with Crippen molar-refractivity contribution in [2.45, 2.75) is 64.6 Å². The molecule has 2 aromatic rings. The number of ether oxygens (including phenoxy) is 2. The maximum Gasteiger partial charge on any atom is 0.244 e. The monoisotopic (exact) mass is 611 g/mol. The van der Waals surface area contributed by atoms with Crippen molar-refractivity contribution < 1.29 is 27.5 Å². The van der Waals surface area contributed by atoms with E-state index in [2.05, 4.69) is 5.32 Å². The summed E-state index contributed by atoms with van der Waals surface area (Å²) in [6.45, 7) is 3.25. The molecule has 1 N–H and O–H groups in total. The van der Waals surface area contributed by atoms with Crippen LogP contribution in [0.15, 0.2) is 36.4 Å². The van der Waals surface area contributed by atoms with Gasteiger partial charge in [-0.3, -0.25) is 13.9 Å². The molecule has 1 heterocycles. The van der Waals surface area contributed by atoms with Gasteiger partial charge >= 0.3 is 0 Å². The zero-order valence-electron chi connectivity index (χ0n) is 22.7. The average Bonchev–Trinajstić information content (AvgIpc) is 2.95. The molecule has 1 saturated carbocycles. The standard InChI is InChI=1S/C28H35Cl2N3O6S/c1-3-40(36,37)33(21-12-13-25-26(16-21)39-15-14-38-25)18-27(34)32(17-22-23(29)10-7-11-24(22)30)19(2)28(35)31-20-8-5-4-6-9-20/h7,10-13,16,19-20H,3-6,8-9,14-15,17-18H2,1-2H3,(H,31,35)/t19-/m1/s1. The molecule has 1 aliphatic heterocycles. The van der Waals surface area contributed by atoms with Crippen LogP contribution in [0.1, 0.15) is 51.5 Å². The number of nitrogens with one attached hydrogen (secondary N) is 1. The van der Waals surface area contributed by atoms with Gasteiger partial charge in [0, 0.05) is 34.3 Å². The predicted octanol–water partition coefficient (Wildman–Crippen LogP) is 4.79. The van der Waals surface area contributed by atoms with Gasteiger partial charge in [-0.05, 0) is 51.0 Å². The van der Waals surface area contributed by atoms with Gasteiger partial charge < -0.3 is 19.7 Å². The zero-order valence-corrected chi connectivity index (χ0v) is 25.0. The van der Waals surface area contributed by atoms with Gasteiger partial charge in [0.1, 0.15) is 25.8 Å². The highest BCUT2D eigenvalue weighted by atomic mass is 35.5. The smallest absolute Gasteiger partial charge is 0.244 e. The number of rotatable bonds is 10. The number of carbonyl (C=O) groups is 2. The zero-order chi connectivity index (χ0) is 28.9. The topological polar surface area (TPSA) is 105 Å². The number of amides is 2. The molecule has 0 saturated heterocycles. The summed E-state index contributed by atoms with van der Waals surface area (Å²) in [6, 6.07) is 8.87. The van der Waals surface area contributed by atoms with Crippen LogP contribution >= 0.6 is 23.2 Å². The van der Waals surface area contributed by atoms with Gasteiger partial charge in [0.15, 0.2) is 11.5 Å². The molecule has 218 valence electrons. The third-order valence-electron chi connectivity index (χ3n) is 7.30. The van der Waals surface area contributed by atoms with Crippen molar-refractivity contribution in [3.63, 3.8) is 0 Å². The number of carbonyl (C=O) groups excluding carboxylic acids is 2. The van der Waals surface area contributed by atoms with Crippen LogP contribution in [0.25, 0.3) is 0 Å². The van der Waals surface area contributed by atoms with E-state index in [1.165, 1.54) is 11.8 Å². The lowest BCUT2D eigenvalue weighted by molar-refractivity contribution is -0.139. The molecule has 1 atom stereocenters. The normalized spacial score (nSPS) is 16.2. The lowest BCUT2D eigenvalue weighted by Crippen LogP contribution is -2.53. The van der Waals surface area contributed by atoms with Gasteiger partial charge in [0.05, 0.1) is 11.4 Å². The van der Waals surface area contributed by atoms with Gasteiger partial charge in [-0.2, -0.15) is 0 Å². The van der Waals surface area contributed by atoms with Gasteiger partial charge in [-0.1, -0.05) is 48.5 Å². The lowest BCUT2D eigenvalue weighted by atomic mass is 9.95. The molecule has 0 unspecified atom stereocenters. The SMILES string of the molecule is CCS(=O)(=O)N(CC(=O)N(Cc1c(Cl)cccc1Cl)[C@H](C)C(=O)NC1CCCCC1)c1ccc2c(c1)OCCO2. The van der Waals surface area contributed by atoms with Crippen LogP contribution in [-0.2, 0) is 26.2 Å². The molecule has 0 bridgehead atoms. The van der Waals surface area contributed by atoms with Crippen molar-refractivity contribution >= 4 is 50.7 Å². The Hall–Kier alpha value is -2.69. The van der Waals surface area contributed by atoms with Crippen molar-refractivity contribution in [1.29, 1.82) is 0 Å². The number of anilines is 1. The summed E-state index contributed by atoms with van der Waals surface area (Å²) < 4.78 is 38.7. The molecule has 12 heteroatoms. The quantitative estimate of drug-likeness (QED) is 0.414. The Balaban J connectivity index is 1.65. The fourth-order valence-electron chi connectivity index (χ4n) is 4.91. The van der Waals surface area contributed by atoms with Crippen molar-refractivity contribution in [1.82, 2.24) is 10.2 Å². The molecular weight excluding hydrogens is 577 g/mol. The molecule has 1 fully saturated rings. The van der Waals surface area contributed by atoms with Gasteiger partial charge in [0.2, 0.25) is 21.8 Å². The number of halogens is 2. The molecule has 0 radical (unpaired) electrons. The highest BCUT2D eigenvalue weighted by molar-refractivity contribution is 7.92. The van der Waals surface area contributed by atoms with Crippen LogP contribution in [0.5, 0.6) is 11.5 Å². The molecule has 2 amide bonds. The van der Waals surface area contributed by atoms with E-state index in [9.17, 15) is 18.0 Å². The Kier molecular flexibility index (Phi) is 10.1. The Morgan fingerprint density at radius 3 is 2.33 bits per heavy atom. The first-order valence-corrected chi connectivity index (χ1v) is 15.9. The van der Waals surface area contributed by atoms with Crippen molar-refractivity contribution in [3.05, 3.63) is 52.0 Å². The Labute approximate surface area is 245 Å². The second-order valence-corrected chi connectivity index (χ2v) is 13.0. The number of sulfonamides is 1. The minimum absolute atomic E-state index is 0.0410. The Morgan fingerprint density at radius 2 is 1.68 bits per heavy atom. The maximum atomic E-state index is 13.9. The van der Waals surface area contributed by atoms with Crippen LogP contribution in [0.4, 0.5) is 5.69 Å². The summed E-state index contributed by atoms with van der Waals surface area (Å²) >= 11 is 12.9. The predicted molar refractivity (Wildman–Crippen MR) is 156 cm³/mol. The average molecular weight is 613 g/mol. The fourth-order valence-corrected chi connectivity index (χ4v) is 6.48. The van der Waals surface area contributed by atoms with Gasteiger partial charge in [-0.25, -0.2) is 8.42 Å². The summed E-state index contributed by atoms with van der Waals surface area (Å²) in [7, 11) is -3.89. The molecule has 2 aliphatic rings. The lowest BCUT2D eigenvalue weighted by Gasteiger charge is -2.33. The van der Waals surface area contributed by atoms with Crippen molar-refractivity contribution in [2.75, 3.05) is 29.8 Å². The minimum Gasteiger partial charge on any atom is -0.486 e. The summed E-state index contributed by atoms with van der Waals surface area (Å²) in [4.78, 5) is 28.6. The first-order chi connectivity index (χ1) is 19.1. The fraction of sp³-hybridized carbons (Fsp3) is 0.500. The van der Waals surface area contributed by atoms with E-state index in [0.29, 0.717) is 40.3 Å². The Bertz CT molecular complexity index is 1310. The molecule has 1 aliphatic carbocycles. The highest BCUT2D eigenvalue weighted by Gasteiger charge is 2.33. The van der Waals surface area contributed by atoms with Crippen LogP contribution in [0, 0.1) is 0 Å². The van der Waals surface area contributed by atoms with E-state index in [-0.39, 0.29) is 29.9 Å². The summed E-state index contributed by atoms with van der Waals surface area (Å²) in [5.41, 5.74) is 0.732. The van der Waals surface area contributed by atoms with Crippen LogP contribution in [-0.4, -0.2) is 62.7 Å². The van der Waals surface area contributed by atoms with E-state index in [1.54, 1.807) is 43.3 Å². The van der Waals surface area contributed by atoms with Crippen molar-refractivity contribution in [2.24, 2.45) is 0 Å². The molecule has 4 rings (SSSR count). The first-order valence-electron chi connectivity index (χ1n) is 13.5. The number of nitrogens with zero attached hydrogens (tertiary/aromatic N) is 2. The number of benzene rings is 2. The largest absolute Gasteiger partial charge is 0.486 e. The number of hydrogen-bond donors (Lipinski definition) is 1. The van der Waals surface area contributed by atoms with E-state index < -0.39 is 28.5 Å². The summed E-state index contributed by atoms with van der Waals surface area (Å²) in [6.07, 6.45) is 4.98. The van der Waals surface area contributed by atoms with Crippen LogP contribution in [0.3, 0.4) is 0 Å². The molecule has 0 spiro atoms. The van der Waals surface area contributed by atoms with E-state index in [4.69, 9.17) is 32.7 Å². The minimum atomic E-state index is -3.89. The van der Waals surface area contributed by atoms with Crippen LogP contribution < -0.4 is 19.1 Å². The van der Waals surface area contributed by atoms with E-state index in [1.807, 2.05) is 0 Å². The van der Waals surface area contributed by atoms with Gasteiger partial charge in [-0.15, -0.1) is 0 Å². The first kappa shape index (κ1) is 30.3. The van der Waals surface area contributed by atoms with Crippen LogP contribution in [0.2, 0.25) is 10.0 Å². The maximum absolute atomic E-state index is 13.9. The molecule has 9 nitrogen and oxygen atoms in total.